The molecule has 0 saturated carbocycles. The number of nitrogens with zero attached hydrogens (tertiary/aromatic N) is 2. The minimum Gasteiger partial charge on any atom is -0.299 e. The van der Waals surface area contributed by atoms with E-state index in [2.05, 4.69) is 16.0 Å². The molecule has 1 aromatic rings. The highest BCUT2D eigenvalue weighted by Crippen LogP contribution is 2.14. The van der Waals surface area contributed by atoms with E-state index >= 15 is 0 Å². The van der Waals surface area contributed by atoms with E-state index in [0.29, 0.717) is 5.15 Å². The van der Waals surface area contributed by atoms with Crippen LogP contribution in [-0.4, -0.2) is 23.0 Å². The Kier molecular flexibility index (Phi) is 4.61. The Labute approximate surface area is 103 Å². The highest BCUT2D eigenvalue weighted by molar-refractivity contribution is 6.29. The van der Waals surface area contributed by atoms with Gasteiger partial charge in [-0.25, -0.2) is 4.98 Å². The van der Waals surface area contributed by atoms with Crippen molar-refractivity contribution in [3.8, 4) is 0 Å². The first kappa shape index (κ1) is 11.9. The number of likely N-dealkylation sites (tertiary alicyclic amines) is 1. The zero-order valence-corrected chi connectivity index (χ0v) is 10.4. The van der Waals surface area contributed by atoms with Crippen LogP contribution < -0.4 is 0 Å². The van der Waals surface area contributed by atoms with Crippen LogP contribution in [0.2, 0.25) is 5.15 Å². The smallest absolute Gasteiger partial charge is 0.129 e. The van der Waals surface area contributed by atoms with Crippen molar-refractivity contribution in [3.63, 3.8) is 0 Å². The number of hydrogen-bond donors (Lipinski definition) is 0. The maximum Gasteiger partial charge on any atom is 0.129 e. The van der Waals surface area contributed by atoms with Crippen LogP contribution in [0, 0.1) is 0 Å². The summed E-state index contributed by atoms with van der Waals surface area (Å²) in [6, 6.07) is 4.03. The quantitative estimate of drug-likeness (QED) is 0.734. The van der Waals surface area contributed by atoms with Gasteiger partial charge < -0.3 is 0 Å². The molecule has 88 valence electrons. The van der Waals surface area contributed by atoms with Crippen molar-refractivity contribution in [1.29, 1.82) is 0 Å². The van der Waals surface area contributed by atoms with Gasteiger partial charge in [0.2, 0.25) is 0 Å². The van der Waals surface area contributed by atoms with Crippen LogP contribution in [0.5, 0.6) is 0 Å². The van der Waals surface area contributed by atoms with Gasteiger partial charge in [0.15, 0.2) is 0 Å². The summed E-state index contributed by atoms with van der Waals surface area (Å²) < 4.78 is 0. The minimum absolute atomic E-state index is 0.601. The van der Waals surface area contributed by atoms with E-state index in [1.54, 1.807) is 6.20 Å². The number of hydrogen-bond acceptors (Lipinski definition) is 2. The fraction of sp³-hybridized carbons (Fsp3) is 0.615. The second-order valence-corrected chi connectivity index (χ2v) is 4.92. The zero-order chi connectivity index (χ0) is 11.2. The molecule has 1 aliphatic heterocycles. The van der Waals surface area contributed by atoms with Gasteiger partial charge in [0.1, 0.15) is 5.15 Å². The molecule has 2 nitrogen and oxygen atoms in total. The SMILES string of the molecule is Clc1cc(CN2CCCCCCC2)ccn1. The van der Waals surface area contributed by atoms with Gasteiger partial charge >= 0.3 is 0 Å². The average molecular weight is 239 g/mol. The highest BCUT2D eigenvalue weighted by Gasteiger charge is 2.08. The van der Waals surface area contributed by atoms with Gasteiger partial charge in [-0.05, 0) is 43.6 Å². The number of pyridine rings is 1. The van der Waals surface area contributed by atoms with Crippen LogP contribution in [0.4, 0.5) is 0 Å². The largest absolute Gasteiger partial charge is 0.299 e. The first-order chi connectivity index (χ1) is 7.84. The molecule has 1 saturated heterocycles. The van der Waals surface area contributed by atoms with Crippen molar-refractivity contribution < 1.29 is 0 Å². The Morgan fingerprint density at radius 3 is 2.50 bits per heavy atom. The van der Waals surface area contributed by atoms with Crippen LogP contribution >= 0.6 is 11.6 Å². The molecule has 0 amide bonds. The van der Waals surface area contributed by atoms with Crippen LogP contribution in [-0.2, 0) is 6.54 Å². The average Bonchev–Trinajstić information content (AvgIpc) is 2.22. The molecule has 0 aromatic carbocycles. The van der Waals surface area contributed by atoms with Crippen molar-refractivity contribution in [1.82, 2.24) is 9.88 Å². The Morgan fingerprint density at radius 1 is 1.12 bits per heavy atom. The third-order valence-corrected chi connectivity index (χ3v) is 3.35. The molecule has 0 N–H and O–H groups in total. The third-order valence-electron chi connectivity index (χ3n) is 3.15. The highest BCUT2D eigenvalue weighted by atomic mass is 35.5. The van der Waals surface area contributed by atoms with Gasteiger partial charge in [-0.15, -0.1) is 0 Å². The molecule has 0 bridgehead atoms. The van der Waals surface area contributed by atoms with E-state index in [1.807, 2.05) is 6.07 Å². The van der Waals surface area contributed by atoms with Crippen LogP contribution in [0.25, 0.3) is 0 Å². The Balaban J connectivity index is 1.91. The lowest BCUT2D eigenvalue weighted by atomic mass is 10.1. The Hall–Kier alpha value is -0.600. The molecule has 2 rings (SSSR count). The molecular formula is C13H19ClN2. The fourth-order valence-electron chi connectivity index (χ4n) is 2.27. The summed E-state index contributed by atoms with van der Waals surface area (Å²) in [4.78, 5) is 6.55. The molecule has 0 spiro atoms. The van der Waals surface area contributed by atoms with E-state index in [4.69, 9.17) is 11.6 Å². The maximum absolute atomic E-state index is 5.89. The van der Waals surface area contributed by atoms with E-state index < -0.39 is 0 Å². The number of aromatic nitrogens is 1. The standard InChI is InChI=1S/C13H19ClN2/c14-13-10-12(6-7-15-13)11-16-8-4-2-1-3-5-9-16/h6-7,10H,1-5,8-9,11H2. The van der Waals surface area contributed by atoms with Gasteiger partial charge in [0.05, 0.1) is 0 Å². The molecule has 1 aliphatic rings. The predicted molar refractivity (Wildman–Crippen MR) is 67.6 cm³/mol. The number of halogens is 1. The Bertz CT molecular complexity index is 319. The van der Waals surface area contributed by atoms with Gasteiger partial charge in [0.25, 0.3) is 0 Å². The first-order valence-electron chi connectivity index (χ1n) is 6.17. The second-order valence-electron chi connectivity index (χ2n) is 4.53. The normalized spacial score (nSPS) is 19.1. The van der Waals surface area contributed by atoms with E-state index in [1.165, 1.54) is 50.8 Å². The summed E-state index contributed by atoms with van der Waals surface area (Å²) in [5.74, 6) is 0. The van der Waals surface area contributed by atoms with Gasteiger partial charge in [-0.3, -0.25) is 4.90 Å². The van der Waals surface area contributed by atoms with E-state index in [0.717, 1.165) is 6.54 Å². The molecule has 3 heteroatoms. The summed E-state index contributed by atoms with van der Waals surface area (Å²) in [6.45, 7) is 3.46. The minimum atomic E-state index is 0.601. The lowest BCUT2D eigenvalue weighted by Gasteiger charge is -2.24. The maximum atomic E-state index is 5.89. The topological polar surface area (TPSA) is 16.1 Å². The molecule has 0 radical (unpaired) electrons. The van der Waals surface area contributed by atoms with Crippen LogP contribution in [0.1, 0.15) is 37.7 Å². The van der Waals surface area contributed by atoms with E-state index in [-0.39, 0.29) is 0 Å². The van der Waals surface area contributed by atoms with E-state index in [9.17, 15) is 0 Å². The summed E-state index contributed by atoms with van der Waals surface area (Å²) in [5, 5.41) is 0.601. The molecule has 0 atom stereocenters. The summed E-state index contributed by atoms with van der Waals surface area (Å²) >= 11 is 5.89. The molecule has 1 aromatic heterocycles. The summed E-state index contributed by atoms with van der Waals surface area (Å²) in [5.41, 5.74) is 1.28. The van der Waals surface area contributed by atoms with Crippen molar-refractivity contribution in [2.75, 3.05) is 13.1 Å². The molecule has 0 aliphatic carbocycles. The van der Waals surface area contributed by atoms with Gasteiger partial charge in [0, 0.05) is 12.7 Å². The first-order valence-corrected chi connectivity index (χ1v) is 6.55. The van der Waals surface area contributed by atoms with Gasteiger partial charge in [-0.1, -0.05) is 30.9 Å². The lowest BCUT2D eigenvalue weighted by Crippen LogP contribution is -2.26. The summed E-state index contributed by atoms with van der Waals surface area (Å²) in [7, 11) is 0. The molecular weight excluding hydrogens is 220 g/mol. The van der Waals surface area contributed by atoms with Crippen molar-refractivity contribution >= 4 is 11.6 Å². The second kappa shape index (κ2) is 6.21. The lowest BCUT2D eigenvalue weighted by molar-refractivity contribution is 0.240. The third kappa shape index (κ3) is 3.76. The fourth-order valence-corrected chi connectivity index (χ4v) is 2.47. The molecule has 1 fully saturated rings. The number of rotatable bonds is 2. The van der Waals surface area contributed by atoms with Crippen LogP contribution in [0.3, 0.4) is 0 Å². The van der Waals surface area contributed by atoms with Crippen molar-refractivity contribution in [2.24, 2.45) is 0 Å². The van der Waals surface area contributed by atoms with Crippen molar-refractivity contribution in [2.45, 2.75) is 38.6 Å². The van der Waals surface area contributed by atoms with Crippen molar-refractivity contribution in [3.05, 3.63) is 29.0 Å². The zero-order valence-electron chi connectivity index (χ0n) is 9.66. The molecule has 0 unspecified atom stereocenters. The molecule has 2 heterocycles. The Morgan fingerprint density at radius 2 is 1.81 bits per heavy atom. The van der Waals surface area contributed by atoms with Crippen LogP contribution in [0.15, 0.2) is 18.3 Å². The molecule has 16 heavy (non-hydrogen) atoms. The summed E-state index contributed by atoms with van der Waals surface area (Å²) in [6.07, 6.45) is 8.63. The monoisotopic (exact) mass is 238 g/mol. The predicted octanol–water partition coefficient (Wildman–Crippen LogP) is 3.50. The van der Waals surface area contributed by atoms with Gasteiger partial charge in [-0.2, -0.15) is 0 Å².